The Morgan fingerprint density at radius 2 is 2.24 bits per heavy atom. The van der Waals surface area contributed by atoms with Crippen molar-refractivity contribution in [2.45, 2.75) is 25.7 Å². The van der Waals surface area contributed by atoms with Crippen molar-refractivity contribution in [3.63, 3.8) is 0 Å². The third-order valence-corrected chi connectivity index (χ3v) is 6.03. The summed E-state index contributed by atoms with van der Waals surface area (Å²) in [6.45, 7) is 5.03. The van der Waals surface area contributed by atoms with Gasteiger partial charge in [0.05, 0.1) is 17.0 Å². The molecule has 2 heterocycles. The van der Waals surface area contributed by atoms with Gasteiger partial charge in [-0.2, -0.15) is 0 Å². The lowest BCUT2D eigenvalue weighted by atomic mass is 9.91. The van der Waals surface area contributed by atoms with Gasteiger partial charge < -0.3 is 10.6 Å². The summed E-state index contributed by atoms with van der Waals surface area (Å²) in [5, 5.41) is 8.61. The number of nitrogens with one attached hydrogen (secondary N) is 1. The van der Waals surface area contributed by atoms with E-state index in [0.29, 0.717) is 39.3 Å². The van der Waals surface area contributed by atoms with Crippen molar-refractivity contribution in [1.29, 1.82) is 5.41 Å². The van der Waals surface area contributed by atoms with Crippen molar-refractivity contribution in [3.05, 3.63) is 63.4 Å². The number of anilines is 1. The minimum absolute atomic E-state index is 0.0330. The van der Waals surface area contributed by atoms with E-state index in [9.17, 15) is 9.18 Å². The zero-order valence-electron chi connectivity index (χ0n) is 16.0. The van der Waals surface area contributed by atoms with Crippen molar-refractivity contribution in [2.75, 3.05) is 18.8 Å². The molecule has 1 fully saturated rings. The Morgan fingerprint density at radius 3 is 2.97 bits per heavy atom. The van der Waals surface area contributed by atoms with Gasteiger partial charge in [0.2, 0.25) is 5.91 Å². The molecule has 0 bridgehead atoms. The van der Waals surface area contributed by atoms with Crippen molar-refractivity contribution in [1.82, 2.24) is 14.9 Å². The zero-order valence-corrected chi connectivity index (χ0v) is 18.2. The monoisotopic (exact) mass is 507 g/mol. The van der Waals surface area contributed by atoms with E-state index in [4.69, 9.17) is 11.1 Å². The fourth-order valence-electron chi connectivity index (χ4n) is 3.67. The van der Waals surface area contributed by atoms with Gasteiger partial charge in [0.25, 0.3) is 0 Å². The number of carbonyl (C=O) groups is 1. The van der Waals surface area contributed by atoms with Crippen LogP contribution in [0.3, 0.4) is 0 Å². The Labute approximate surface area is 183 Å². The van der Waals surface area contributed by atoms with Crippen LogP contribution < -0.4 is 5.73 Å². The highest BCUT2D eigenvalue weighted by molar-refractivity contribution is 14.1. The highest BCUT2D eigenvalue weighted by atomic mass is 127. The second-order valence-corrected chi connectivity index (χ2v) is 8.28. The number of nitrogen functional groups attached to an aromatic ring is 1. The number of hydrogen-bond acceptors (Lipinski definition) is 5. The number of aryl methyl sites for hydroxylation is 1. The minimum atomic E-state index is -0.324. The van der Waals surface area contributed by atoms with Crippen LogP contribution in [0.4, 0.5) is 10.2 Å². The normalized spacial score (nSPS) is 16.5. The quantitative estimate of drug-likeness (QED) is 0.355. The number of benzene rings is 1. The number of hydrogen-bond donors (Lipinski definition) is 2. The van der Waals surface area contributed by atoms with Crippen LogP contribution in [0.25, 0.3) is 0 Å². The Kier molecular flexibility index (Phi) is 6.94. The molecule has 1 unspecified atom stereocenters. The maximum absolute atomic E-state index is 13.6. The number of piperidine rings is 1. The standard InChI is InChI=1S/C21H23FIN5O/c1-2-18(29)28-9-3-4-13(11-28)5-8-17-19(21(25)27-12-26-17)20(24)14-6-7-15(22)16(23)10-14/h2,6-7,10,12-13,24H,1,3-5,8-9,11H2,(H2,25,26,27). The van der Waals surface area contributed by atoms with E-state index in [-0.39, 0.29) is 23.3 Å². The van der Waals surface area contributed by atoms with Gasteiger partial charge in [0.15, 0.2) is 0 Å². The summed E-state index contributed by atoms with van der Waals surface area (Å²) in [6, 6.07) is 4.53. The van der Waals surface area contributed by atoms with E-state index < -0.39 is 0 Å². The highest BCUT2D eigenvalue weighted by Gasteiger charge is 2.23. The molecule has 3 rings (SSSR count). The molecule has 1 aliphatic heterocycles. The number of halogens is 2. The van der Waals surface area contributed by atoms with Crippen LogP contribution >= 0.6 is 22.6 Å². The predicted molar refractivity (Wildman–Crippen MR) is 119 cm³/mol. The van der Waals surface area contributed by atoms with Crippen LogP contribution in [0.2, 0.25) is 0 Å². The van der Waals surface area contributed by atoms with Crippen LogP contribution in [0.5, 0.6) is 0 Å². The molecule has 2 aromatic rings. The molecule has 0 spiro atoms. The summed E-state index contributed by atoms with van der Waals surface area (Å²) in [4.78, 5) is 22.2. The number of nitrogens with zero attached hydrogens (tertiary/aromatic N) is 3. The Balaban J connectivity index is 1.78. The fourth-order valence-corrected chi connectivity index (χ4v) is 4.18. The lowest BCUT2D eigenvalue weighted by molar-refractivity contribution is -0.127. The first-order valence-electron chi connectivity index (χ1n) is 9.45. The maximum atomic E-state index is 13.6. The third kappa shape index (κ3) is 4.98. The van der Waals surface area contributed by atoms with E-state index >= 15 is 0 Å². The summed E-state index contributed by atoms with van der Waals surface area (Å²) in [7, 11) is 0. The average molecular weight is 507 g/mol. The van der Waals surface area contributed by atoms with Gasteiger partial charge >= 0.3 is 0 Å². The summed E-state index contributed by atoms with van der Waals surface area (Å²) < 4.78 is 14.0. The molecule has 1 aliphatic rings. The minimum Gasteiger partial charge on any atom is -0.383 e. The predicted octanol–water partition coefficient (Wildman–Crippen LogP) is 3.58. The molecule has 29 heavy (non-hydrogen) atoms. The summed E-state index contributed by atoms with van der Waals surface area (Å²) >= 11 is 1.90. The maximum Gasteiger partial charge on any atom is 0.245 e. The number of carbonyl (C=O) groups excluding carboxylic acids is 1. The van der Waals surface area contributed by atoms with E-state index in [1.807, 2.05) is 27.5 Å². The van der Waals surface area contributed by atoms with Crippen LogP contribution in [-0.2, 0) is 11.2 Å². The van der Waals surface area contributed by atoms with Crippen LogP contribution in [0.15, 0.2) is 37.2 Å². The van der Waals surface area contributed by atoms with Crippen LogP contribution in [0.1, 0.15) is 36.1 Å². The van der Waals surface area contributed by atoms with E-state index in [2.05, 4.69) is 16.5 Å². The zero-order chi connectivity index (χ0) is 21.0. The second-order valence-electron chi connectivity index (χ2n) is 7.12. The second kappa shape index (κ2) is 9.43. The third-order valence-electron chi connectivity index (χ3n) is 5.21. The highest BCUT2D eigenvalue weighted by Crippen LogP contribution is 2.25. The van der Waals surface area contributed by atoms with Gasteiger partial charge in [-0.25, -0.2) is 14.4 Å². The topological polar surface area (TPSA) is 96.0 Å². The van der Waals surface area contributed by atoms with Gasteiger partial charge in [0, 0.05) is 22.2 Å². The van der Waals surface area contributed by atoms with Crippen molar-refractivity contribution in [3.8, 4) is 0 Å². The molecule has 3 N–H and O–H groups in total. The van der Waals surface area contributed by atoms with Crippen molar-refractivity contribution < 1.29 is 9.18 Å². The lowest BCUT2D eigenvalue weighted by Gasteiger charge is -2.32. The van der Waals surface area contributed by atoms with Crippen LogP contribution in [-0.4, -0.2) is 39.6 Å². The van der Waals surface area contributed by atoms with Gasteiger partial charge in [-0.1, -0.05) is 6.58 Å². The summed E-state index contributed by atoms with van der Waals surface area (Å²) in [5.74, 6) is 0.244. The molecule has 1 aromatic heterocycles. The molecule has 0 aliphatic carbocycles. The molecule has 0 radical (unpaired) electrons. The molecule has 1 amide bonds. The van der Waals surface area contributed by atoms with Gasteiger partial charge in [-0.05, 0) is 78.5 Å². The smallest absolute Gasteiger partial charge is 0.245 e. The number of rotatable bonds is 6. The van der Waals surface area contributed by atoms with Gasteiger partial charge in [-0.3, -0.25) is 10.2 Å². The molecule has 1 atom stereocenters. The first-order valence-corrected chi connectivity index (χ1v) is 10.5. The molecule has 1 saturated heterocycles. The average Bonchev–Trinajstić information content (AvgIpc) is 2.73. The van der Waals surface area contributed by atoms with E-state index in [1.54, 1.807) is 12.1 Å². The number of likely N-dealkylation sites (tertiary alicyclic amines) is 1. The van der Waals surface area contributed by atoms with Crippen LogP contribution in [0, 0.1) is 20.7 Å². The number of nitrogens with two attached hydrogens (primary N) is 1. The SMILES string of the molecule is C=CC(=O)N1CCCC(CCc2ncnc(N)c2C(=N)c2ccc(F)c(I)c2)C1. The molecular weight excluding hydrogens is 484 g/mol. The van der Waals surface area contributed by atoms with Crippen molar-refractivity contribution >= 4 is 40.0 Å². The Hall–Kier alpha value is -2.36. The Morgan fingerprint density at radius 1 is 1.45 bits per heavy atom. The number of aromatic nitrogens is 2. The van der Waals surface area contributed by atoms with Gasteiger partial charge in [0.1, 0.15) is 18.0 Å². The largest absolute Gasteiger partial charge is 0.383 e. The molecule has 1 aromatic carbocycles. The number of amides is 1. The molecule has 6 nitrogen and oxygen atoms in total. The lowest BCUT2D eigenvalue weighted by Crippen LogP contribution is -2.39. The van der Waals surface area contributed by atoms with E-state index in [1.165, 1.54) is 18.5 Å². The summed E-state index contributed by atoms with van der Waals surface area (Å²) in [5.41, 5.74) is 8.03. The Bertz CT molecular complexity index is 949. The first-order chi connectivity index (χ1) is 13.9. The first kappa shape index (κ1) is 21.4. The van der Waals surface area contributed by atoms with E-state index in [0.717, 1.165) is 25.8 Å². The van der Waals surface area contributed by atoms with Gasteiger partial charge in [-0.15, -0.1) is 0 Å². The molecule has 152 valence electrons. The molecule has 8 heteroatoms. The summed E-state index contributed by atoms with van der Waals surface area (Å²) in [6.07, 6.45) is 6.24. The molecular formula is C21H23FIN5O. The fraction of sp³-hybridized carbons (Fsp3) is 0.333. The molecule has 0 saturated carbocycles. The van der Waals surface area contributed by atoms with Crippen molar-refractivity contribution in [2.24, 2.45) is 5.92 Å².